The molecule has 0 saturated carbocycles. The van der Waals surface area contributed by atoms with Crippen molar-refractivity contribution in [1.29, 1.82) is 0 Å². The first-order chi connectivity index (χ1) is 10.2. The van der Waals surface area contributed by atoms with Gasteiger partial charge in [0, 0.05) is 0 Å². The second-order valence-corrected chi connectivity index (χ2v) is 4.49. The Morgan fingerprint density at radius 2 is 1.95 bits per heavy atom. The molecule has 1 heterocycles. The Kier molecular flexibility index (Phi) is 3.35. The van der Waals surface area contributed by atoms with E-state index in [0.717, 1.165) is 13.0 Å². The van der Waals surface area contributed by atoms with Gasteiger partial charge < -0.3 is 19.3 Å². The van der Waals surface area contributed by atoms with Crippen molar-refractivity contribution in [3.63, 3.8) is 0 Å². The number of aromatic carboxylic acids is 1. The van der Waals surface area contributed by atoms with Crippen molar-refractivity contribution < 1.29 is 24.1 Å². The molecule has 0 unspecified atom stereocenters. The van der Waals surface area contributed by atoms with Gasteiger partial charge in [-0.2, -0.15) is 0 Å². The van der Waals surface area contributed by atoms with Crippen LogP contribution in [-0.2, 0) is 6.61 Å². The standard InChI is InChI=1S/C15H10BO5/c17-14-10-6-7-11(12(15(18)19)13(10)21-16-14)20-8-9-4-2-1-3-5-9/h1-7H,8H2,(H,18,19). The van der Waals surface area contributed by atoms with Crippen LogP contribution in [0.25, 0.3) is 0 Å². The van der Waals surface area contributed by atoms with Crippen molar-refractivity contribution in [2.24, 2.45) is 0 Å². The Morgan fingerprint density at radius 1 is 1.19 bits per heavy atom. The molecule has 2 aromatic rings. The van der Waals surface area contributed by atoms with Gasteiger partial charge in [-0.15, -0.1) is 0 Å². The van der Waals surface area contributed by atoms with Gasteiger partial charge in [-0.3, -0.25) is 0 Å². The Labute approximate surface area is 121 Å². The summed E-state index contributed by atoms with van der Waals surface area (Å²) >= 11 is 0. The highest BCUT2D eigenvalue weighted by atomic mass is 16.5. The highest BCUT2D eigenvalue weighted by molar-refractivity contribution is 6.75. The predicted octanol–water partition coefficient (Wildman–Crippen LogP) is 2.12. The monoisotopic (exact) mass is 281 g/mol. The fraction of sp³-hybridized carbons (Fsp3) is 0.0667. The molecule has 3 rings (SSSR count). The summed E-state index contributed by atoms with van der Waals surface area (Å²) in [6.07, 6.45) is 0. The first kappa shape index (κ1) is 13.2. The largest absolute Gasteiger partial charge is 0.554 e. The average molecular weight is 281 g/mol. The second-order valence-electron chi connectivity index (χ2n) is 4.49. The number of carboxylic acids is 1. The number of ether oxygens (including phenoxy) is 1. The summed E-state index contributed by atoms with van der Waals surface area (Å²) in [5.41, 5.74) is 0.671. The van der Waals surface area contributed by atoms with E-state index in [-0.39, 0.29) is 34.9 Å². The van der Waals surface area contributed by atoms with E-state index in [1.54, 1.807) is 0 Å². The van der Waals surface area contributed by atoms with E-state index in [1.165, 1.54) is 12.1 Å². The van der Waals surface area contributed by atoms with Gasteiger partial charge in [-0.05, 0) is 17.7 Å². The van der Waals surface area contributed by atoms with E-state index in [1.807, 2.05) is 30.3 Å². The average Bonchev–Trinajstić information content (AvgIpc) is 2.87. The lowest BCUT2D eigenvalue weighted by Gasteiger charge is -2.12. The van der Waals surface area contributed by atoms with Crippen LogP contribution in [0.2, 0.25) is 0 Å². The molecule has 0 aromatic heterocycles. The van der Waals surface area contributed by atoms with Crippen LogP contribution in [0, 0.1) is 0 Å². The normalized spacial score (nSPS) is 12.3. The van der Waals surface area contributed by atoms with Crippen LogP contribution in [0.4, 0.5) is 0 Å². The molecule has 1 radical (unpaired) electrons. The zero-order chi connectivity index (χ0) is 14.8. The molecule has 103 valence electrons. The van der Waals surface area contributed by atoms with Crippen LogP contribution in [0.5, 0.6) is 11.5 Å². The quantitative estimate of drug-likeness (QED) is 0.869. The number of carbonyl (C=O) groups excluding carboxylic acids is 1. The minimum Gasteiger partial charge on any atom is -0.554 e. The molecule has 21 heavy (non-hydrogen) atoms. The Bertz CT molecular complexity index is 712. The summed E-state index contributed by atoms with van der Waals surface area (Å²) < 4.78 is 10.6. The van der Waals surface area contributed by atoms with E-state index < -0.39 is 5.97 Å². The molecule has 5 nitrogen and oxygen atoms in total. The number of fused-ring (bicyclic) bond motifs is 1. The molecular formula is C15H10BO5. The van der Waals surface area contributed by atoms with Crippen molar-refractivity contribution >= 4 is 19.1 Å². The zero-order valence-corrected chi connectivity index (χ0v) is 10.9. The minimum atomic E-state index is -1.20. The minimum absolute atomic E-state index is 0.0399. The smallest absolute Gasteiger partial charge is 0.457 e. The highest BCUT2D eigenvalue weighted by Gasteiger charge is 2.31. The van der Waals surface area contributed by atoms with Gasteiger partial charge >= 0.3 is 13.5 Å². The summed E-state index contributed by atoms with van der Waals surface area (Å²) in [7, 11) is 0.998. The number of benzene rings is 2. The molecule has 1 aliphatic heterocycles. The molecule has 0 saturated heterocycles. The highest BCUT2D eigenvalue weighted by Crippen LogP contribution is 2.35. The summed E-state index contributed by atoms with van der Waals surface area (Å²) in [6, 6.07) is 12.4. The molecule has 2 aromatic carbocycles. The van der Waals surface area contributed by atoms with Crippen LogP contribution in [0.1, 0.15) is 26.3 Å². The van der Waals surface area contributed by atoms with Gasteiger partial charge in [0.15, 0.2) is 5.68 Å². The zero-order valence-electron chi connectivity index (χ0n) is 10.9. The third kappa shape index (κ3) is 2.47. The first-order valence-electron chi connectivity index (χ1n) is 6.28. The lowest BCUT2D eigenvalue weighted by Crippen LogP contribution is -2.06. The Hall–Kier alpha value is -2.76. The molecule has 0 spiro atoms. The van der Waals surface area contributed by atoms with Gasteiger partial charge in [0.25, 0.3) is 0 Å². The summed E-state index contributed by atoms with van der Waals surface area (Å²) in [6.45, 7) is 0.234. The molecular weight excluding hydrogens is 271 g/mol. The lowest BCUT2D eigenvalue weighted by molar-refractivity contribution is 0.0689. The Morgan fingerprint density at radius 3 is 2.67 bits per heavy atom. The number of carbonyl (C=O) groups is 2. The summed E-state index contributed by atoms with van der Waals surface area (Å²) in [4.78, 5) is 22.9. The maximum absolute atomic E-state index is 11.5. The van der Waals surface area contributed by atoms with Crippen LogP contribution in [-0.4, -0.2) is 24.2 Å². The SMILES string of the molecule is O=C1[B]Oc2c1ccc(OCc1ccccc1)c2C(=O)O. The second kappa shape index (κ2) is 5.32. The summed E-state index contributed by atoms with van der Waals surface area (Å²) in [5.74, 6) is -0.982. The van der Waals surface area contributed by atoms with Gasteiger partial charge in [-0.1, -0.05) is 30.3 Å². The predicted molar refractivity (Wildman–Crippen MR) is 74.9 cm³/mol. The molecule has 1 aliphatic rings. The molecule has 1 N–H and O–H groups in total. The van der Waals surface area contributed by atoms with Gasteiger partial charge in [0.05, 0.1) is 5.56 Å². The van der Waals surface area contributed by atoms with Crippen LogP contribution < -0.4 is 9.39 Å². The van der Waals surface area contributed by atoms with Crippen LogP contribution in [0.15, 0.2) is 42.5 Å². The van der Waals surface area contributed by atoms with Gasteiger partial charge in [0.1, 0.15) is 23.7 Å². The first-order valence-corrected chi connectivity index (χ1v) is 6.28. The third-order valence-electron chi connectivity index (χ3n) is 3.12. The van der Waals surface area contributed by atoms with E-state index in [0.29, 0.717) is 0 Å². The van der Waals surface area contributed by atoms with Crippen LogP contribution in [0.3, 0.4) is 0 Å². The van der Waals surface area contributed by atoms with Crippen molar-refractivity contribution in [3.05, 3.63) is 59.2 Å². The molecule has 6 heteroatoms. The number of rotatable bonds is 4. The maximum Gasteiger partial charge on any atom is 0.457 e. The molecule has 0 atom stereocenters. The number of hydrogen-bond donors (Lipinski definition) is 1. The maximum atomic E-state index is 11.5. The van der Waals surface area contributed by atoms with Crippen molar-refractivity contribution in [1.82, 2.24) is 0 Å². The van der Waals surface area contributed by atoms with Crippen molar-refractivity contribution in [3.8, 4) is 11.5 Å². The lowest BCUT2D eigenvalue weighted by atomic mass is 9.91. The van der Waals surface area contributed by atoms with E-state index in [9.17, 15) is 14.7 Å². The number of hydrogen-bond acceptors (Lipinski definition) is 4. The fourth-order valence-corrected chi connectivity index (χ4v) is 2.12. The fourth-order valence-electron chi connectivity index (χ4n) is 2.12. The molecule has 0 amide bonds. The molecule has 0 fully saturated rings. The summed E-state index contributed by atoms with van der Waals surface area (Å²) in [5, 5.41) is 9.33. The topological polar surface area (TPSA) is 72.8 Å². The Balaban J connectivity index is 1.92. The molecule has 0 bridgehead atoms. The number of carboxylic acid groups (broad SMARTS) is 1. The van der Waals surface area contributed by atoms with Gasteiger partial charge in [0.2, 0.25) is 0 Å². The third-order valence-corrected chi connectivity index (χ3v) is 3.12. The van der Waals surface area contributed by atoms with Crippen molar-refractivity contribution in [2.45, 2.75) is 6.61 Å². The molecule has 0 aliphatic carbocycles. The van der Waals surface area contributed by atoms with Crippen molar-refractivity contribution in [2.75, 3.05) is 0 Å². The van der Waals surface area contributed by atoms with E-state index in [2.05, 4.69) is 0 Å². The van der Waals surface area contributed by atoms with E-state index in [4.69, 9.17) is 9.39 Å². The van der Waals surface area contributed by atoms with Gasteiger partial charge in [-0.25, -0.2) is 4.79 Å². The van der Waals surface area contributed by atoms with Crippen LogP contribution >= 0.6 is 0 Å². The van der Waals surface area contributed by atoms with E-state index >= 15 is 0 Å².